The quantitative estimate of drug-likeness (QED) is 0.850. The van der Waals surface area contributed by atoms with Gasteiger partial charge >= 0.3 is 0 Å². The molecule has 1 N–H and O–H groups in total. The minimum absolute atomic E-state index is 0.225. The number of nitriles is 1. The molecule has 2 rings (SSSR count). The Hall–Kier alpha value is -1.34. The molecule has 1 aromatic rings. The van der Waals surface area contributed by atoms with Crippen molar-refractivity contribution in [3.63, 3.8) is 0 Å². The Morgan fingerprint density at radius 3 is 2.37 bits per heavy atom. The lowest BCUT2D eigenvalue weighted by atomic mass is 10.0. The zero-order valence-electron chi connectivity index (χ0n) is 12.2. The summed E-state index contributed by atoms with van der Waals surface area (Å²) in [7, 11) is 1.94. The molecule has 0 radical (unpaired) electrons. The van der Waals surface area contributed by atoms with Crippen LogP contribution in [0.1, 0.15) is 61.5 Å². The average molecular weight is 260 g/mol. The van der Waals surface area contributed by atoms with Crippen molar-refractivity contribution in [1.29, 1.82) is 5.26 Å². The maximum absolute atomic E-state index is 9.49. The molecule has 0 aliphatic heterocycles. The largest absolute Gasteiger partial charge is 0.295 e. The Morgan fingerprint density at radius 1 is 1.26 bits per heavy atom. The highest BCUT2D eigenvalue weighted by Crippen LogP contribution is 2.24. The van der Waals surface area contributed by atoms with Crippen molar-refractivity contribution in [2.45, 2.75) is 64.5 Å². The Kier molecular flexibility index (Phi) is 4.60. The minimum Gasteiger partial charge on any atom is -0.295 e. The second-order valence-electron chi connectivity index (χ2n) is 5.63. The van der Waals surface area contributed by atoms with Gasteiger partial charge in [-0.25, -0.2) is 0 Å². The minimum atomic E-state index is -0.225. The summed E-state index contributed by atoms with van der Waals surface area (Å²) >= 11 is 0. The first-order chi connectivity index (χ1) is 9.13. The van der Waals surface area contributed by atoms with Crippen LogP contribution in [-0.2, 0) is 7.05 Å². The molecule has 1 saturated carbocycles. The van der Waals surface area contributed by atoms with E-state index in [2.05, 4.69) is 16.5 Å². The van der Waals surface area contributed by atoms with Crippen molar-refractivity contribution in [2.24, 2.45) is 7.05 Å². The molecule has 1 atom stereocenters. The number of nitrogens with one attached hydrogen (secondary N) is 1. The van der Waals surface area contributed by atoms with Crippen LogP contribution >= 0.6 is 0 Å². The molecular formula is C15H24N4. The van der Waals surface area contributed by atoms with Gasteiger partial charge in [0.05, 0.1) is 11.8 Å². The van der Waals surface area contributed by atoms with Gasteiger partial charge in [-0.3, -0.25) is 10.00 Å². The molecule has 104 valence electrons. The third kappa shape index (κ3) is 3.16. The van der Waals surface area contributed by atoms with E-state index in [4.69, 9.17) is 0 Å². The van der Waals surface area contributed by atoms with Gasteiger partial charge in [-0.15, -0.1) is 0 Å². The van der Waals surface area contributed by atoms with E-state index in [1.54, 1.807) is 0 Å². The van der Waals surface area contributed by atoms with Crippen LogP contribution in [0.25, 0.3) is 0 Å². The first-order valence-electron chi connectivity index (χ1n) is 7.29. The standard InChI is InChI=1S/C15H24N4/c1-11-15(12(2)19(3)18-11)14(10-16)17-13-8-6-4-5-7-9-13/h13-14,17H,4-9H2,1-3H3. The molecular weight excluding hydrogens is 236 g/mol. The van der Waals surface area contributed by atoms with Crippen molar-refractivity contribution >= 4 is 0 Å². The fourth-order valence-corrected chi connectivity index (χ4v) is 3.07. The zero-order chi connectivity index (χ0) is 13.8. The molecule has 4 heteroatoms. The Balaban J connectivity index is 2.13. The van der Waals surface area contributed by atoms with Crippen LogP contribution in [0.5, 0.6) is 0 Å². The highest BCUT2D eigenvalue weighted by molar-refractivity contribution is 5.32. The summed E-state index contributed by atoms with van der Waals surface area (Å²) in [6, 6.07) is 2.67. The van der Waals surface area contributed by atoms with Gasteiger partial charge in [0.15, 0.2) is 0 Å². The number of rotatable bonds is 3. The molecule has 0 saturated heterocycles. The van der Waals surface area contributed by atoms with E-state index >= 15 is 0 Å². The predicted molar refractivity (Wildman–Crippen MR) is 75.7 cm³/mol. The molecule has 0 bridgehead atoms. The molecule has 1 aliphatic rings. The molecule has 0 spiro atoms. The van der Waals surface area contributed by atoms with Crippen LogP contribution in [0, 0.1) is 25.2 Å². The van der Waals surface area contributed by atoms with Gasteiger partial charge in [-0.2, -0.15) is 10.4 Å². The molecule has 1 aromatic heterocycles. The van der Waals surface area contributed by atoms with Crippen LogP contribution in [0.15, 0.2) is 0 Å². The first-order valence-corrected chi connectivity index (χ1v) is 7.29. The monoisotopic (exact) mass is 260 g/mol. The van der Waals surface area contributed by atoms with Crippen molar-refractivity contribution in [2.75, 3.05) is 0 Å². The molecule has 0 amide bonds. The average Bonchev–Trinajstić information content (AvgIpc) is 2.61. The summed E-state index contributed by atoms with van der Waals surface area (Å²) in [5, 5.41) is 17.4. The maximum atomic E-state index is 9.49. The highest BCUT2D eigenvalue weighted by Gasteiger charge is 2.23. The second kappa shape index (κ2) is 6.21. The van der Waals surface area contributed by atoms with Crippen LogP contribution in [0.3, 0.4) is 0 Å². The number of aryl methyl sites for hydroxylation is 2. The summed E-state index contributed by atoms with van der Waals surface area (Å²) in [5.41, 5.74) is 3.12. The van der Waals surface area contributed by atoms with Gasteiger partial charge in [0, 0.05) is 24.3 Å². The molecule has 1 aliphatic carbocycles. The molecule has 1 heterocycles. The number of hydrogen-bond donors (Lipinski definition) is 1. The number of aromatic nitrogens is 2. The normalized spacial score (nSPS) is 18.8. The van der Waals surface area contributed by atoms with Crippen molar-refractivity contribution in [3.05, 3.63) is 17.0 Å². The van der Waals surface area contributed by atoms with E-state index in [-0.39, 0.29) is 6.04 Å². The van der Waals surface area contributed by atoms with E-state index in [9.17, 15) is 5.26 Å². The smallest absolute Gasteiger partial charge is 0.125 e. The third-order valence-corrected chi connectivity index (χ3v) is 4.24. The van der Waals surface area contributed by atoms with Crippen LogP contribution in [-0.4, -0.2) is 15.8 Å². The van der Waals surface area contributed by atoms with E-state index in [1.165, 1.54) is 38.5 Å². The van der Waals surface area contributed by atoms with E-state index < -0.39 is 0 Å². The summed E-state index contributed by atoms with van der Waals surface area (Å²) in [6.07, 6.45) is 7.61. The van der Waals surface area contributed by atoms with Gasteiger partial charge in [0.25, 0.3) is 0 Å². The van der Waals surface area contributed by atoms with E-state index in [0.717, 1.165) is 17.0 Å². The van der Waals surface area contributed by atoms with Gasteiger partial charge in [0.1, 0.15) is 6.04 Å². The summed E-state index contributed by atoms with van der Waals surface area (Å²) in [5.74, 6) is 0. The Bertz CT molecular complexity index is 461. The maximum Gasteiger partial charge on any atom is 0.125 e. The first kappa shape index (κ1) is 14.1. The van der Waals surface area contributed by atoms with E-state index in [1.807, 2.05) is 25.6 Å². The lowest BCUT2D eigenvalue weighted by molar-refractivity contribution is 0.435. The fraction of sp³-hybridized carbons (Fsp3) is 0.733. The lowest BCUT2D eigenvalue weighted by Crippen LogP contribution is -2.32. The van der Waals surface area contributed by atoms with Crippen molar-refractivity contribution in [3.8, 4) is 6.07 Å². The van der Waals surface area contributed by atoms with Crippen molar-refractivity contribution in [1.82, 2.24) is 15.1 Å². The second-order valence-corrected chi connectivity index (χ2v) is 5.63. The third-order valence-electron chi connectivity index (χ3n) is 4.24. The summed E-state index contributed by atoms with van der Waals surface area (Å²) in [6.45, 7) is 4.02. The van der Waals surface area contributed by atoms with Crippen LogP contribution in [0.2, 0.25) is 0 Å². The summed E-state index contributed by atoms with van der Waals surface area (Å²) in [4.78, 5) is 0. The topological polar surface area (TPSA) is 53.6 Å². The van der Waals surface area contributed by atoms with Crippen LogP contribution < -0.4 is 5.32 Å². The van der Waals surface area contributed by atoms with Crippen LogP contribution in [0.4, 0.5) is 0 Å². The molecule has 0 aromatic carbocycles. The molecule has 19 heavy (non-hydrogen) atoms. The summed E-state index contributed by atoms with van der Waals surface area (Å²) < 4.78 is 1.86. The van der Waals surface area contributed by atoms with Crippen molar-refractivity contribution < 1.29 is 0 Å². The predicted octanol–water partition coefficient (Wildman–Crippen LogP) is 2.91. The Labute approximate surface area is 115 Å². The Morgan fingerprint density at radius 2 is 1.89 bits per heavy atom. The number of hydrogen-bond acceptors (Lipinski definition) is 3. The SMILES string of the molecule is Cc1nn(C)c(C)c1C(C#N)NC1CCCCCC1. The zero-order valence-corrected chi connectivity index (χ0v) is 12.2. The molecule has 1 unspecified atom stereocenters. The lowest BCUT2D eigenvalue weighted by Gasteiger charge is -2.20. The highest BCUT2D eigenvalue weighted by atomic mass is 15.3. The van der Waals surface area contributed by atoms with Gasteiger partial charge < -0.3 is 0 Å². The fourth-order valence-electron chi connectivity index (χ4n) is 3.07. The molecule has 4 nitrogen and oxygen atoms in total. The van der Waals surface area contributed by atoms with Gasteiger partial charge in [0.2, 0.25) is 0 Å². The van der Waals surface area contributed by atoms with Gasteiger partial charge in [-0.1, -0.05) is 25.7 Å². The number of nitrogens with zero attached hydrogens (tertiary/aromatic N) is 3. The molecule has 1 fully saturated rings. The van der Waals surface area contributed by atoms with E-state index in [0.29, 0.717) is 6.04 Å². The van der Waals surface area contributed by atoms with Gasteiger partial charge in [-0.05, 0) is 26.7 Å².